The second-order valence-corrected chi connectivity index (χ2v) is 5.27. The summed E-state index contributed by atoms with van der Waals surface area (Å²) >= 11 is 0. The van der Waals surface area contributed by atoms with Crippen LogP contribution in [0.4, 0.5) is 5.69 Å². The average molecular weight is 276 g/mol. The lowest BCUT2D eigenvalue weighted by atomic mass is 10.1. The second kappa shape index (κ2) is 7.29. The summed E-state index contributed by atoms with van der Waals surface area (Å²) in [7, 11) is 0. The first-order valence-corrected chi connectivity index (χ1v) is 7.45. The molecule has 1 heterocycles. The number of hydrogen-bond donors (Lipinski definition) is 1. The van der Waals surface area contributed by atoms with Crippen molar-refractivity contribution in [3.05, 3.63) is 23.8 Å². The third-order valence-electron chi connectivity index (χ3n) is 3.61. The molecule has 0 spiro atoms. The van der Waals surface area contributed by atoms with Gasteiger partial charge in [0, 0.05) is 0 Å². The molecule has 0 atom stereocenters. The molecule has 2 rings (SSSR count). The van der Waals surface area contributed by atoms with Gasteiger partial charge in [0.15, 0.2) is 0 Å². The van der Waals surface area contributed by atoms with Crippen LogP contribution in [0.3, 0.4) is 0 Å². The Morgan fingerprint density at radius 1 is 1.30 bits per heavy atom. The number of benzene rings is 1. The number of carbonyl (C=O) groups is 1. The summed E-state index contributed by atoms with van der Waals surface area (Å²) in [5.41, 5.74) is 1.83. The van der Waals surface area contributed by atoms with Crippen molar-refractivity contribution in [2.45, 2.75) is 33.1 Å². The average Bonchev–Trinajstić information content (AvgIpc) is 2.44. The van der Waals surface area contributed by atoms with E-state index in [2.05, 4.69) is 10.2 Å². The van der Waals surface area contributed by atoms with Crippen LogP contribution in [0.25, 0.3) is 0 Å². The number of rotatable bonds is 5. The van der Waals surface area contributed by atoms with Gasteiger partial charge in [-0.1, -0.05) is 18.6 Å². The molecule has 0 radical (unpaired) electrons. The van der Waals surface area contributed by atoms with Crippen LogP contribution < -0.4 is 10.1 Å². The van der Waals surface area contributed by atoms with Crippen LogP contribution in [0.15, 0.2) is 18.2 Å². The van der Waals surface area contributed by atoms with Crippen LogP contribution in [0.5, 0.6) is 5.75 Å². The molecule has 0 bridgehead atoms. The quantitative estimate of drug-likeness (QED) is 0.899. The van der Waals surface area contributed by atoms with E-state index in [1.165, 1.54) is 19.3 Å². The van der Waals surface area contributed by atoms with Gasteiger partial charge in [-0.15, -0.1) is 0 Å². The molecule has 1 N–H and O–H groups in total. The maximum atomic E-state index is 12.2. The number of carbonyl (C=O) groups excluding carboxylic acids is 1. The minimum absolute atomic E-state index is 0.0437. The summed E-state index contributed by atoms with van der Waals surface area (Å²) in [5.74, 6) is 0.793. The fourth-order valence-corrected chi connectivity index (χ4v) is 2.58. The van der Waals surface area contributed by atoms with Gasteiger partial charge in [-0.25, -0.2) is 0 Å². The molecule has 1 fully saturated rings. The van der Waals surface area contributed by atoms with Gasteiger partial charge in [-0.2, -0.15) is 0 Å². The number of hydrogen-bond acceptors (Lipinski definition) is 3. The minimum atomic E-state index is 0.0437. The Bertz CT molecular complexity index is 454. The number of aryl methyl sites for hydroxylation is 1. The molecule has 1 aliphatic rings. The van der Waals surface area contributed by atoms with Crippen molar-refractivity contribution >= 4 is 11.6 Å². The van der Waals surface area contributed by atoms with Gasteiger partial charge < -0.3 is 10.1 Å². The number of ether oxygens (including phenoxy) is 1. The number of anilines is 1. The monoisotopic (exact) mass is 276 g/mol. The highest BCUT2D eigenvalue weighted by Gasteiger charge is 2.16. The molecular weight excluding hydrogens is 252 g/mol. The molecule has 0 aliphatic carbocycles. The van der Waals surface area contributed by atoms with Crippen molar-refractivity contribution in [1.82, 2.24) is 4.90 Å². The van der Waals surface area contributed by atoms with Crippen molar-refractivity contribution in [2.75, 3.05) is 31.6 Å². The van der Waals surface area contributed by atoms with E-state index < -0.39 is 0 Å². The number of piperidine rings is 1. The van der Waals surface area contributed by atoms with Crippen LogP contribution in [0.1, 0.15) is 31.7 Å². The van der Waals surface area contributed by atoms with Crippen LogP contribution >= 0.6 is 0 Å². The second-order valence-electron chi connectivity index (χ2n) is 5.27. The Morgan fingerprint density at radius 3 is 2.75 bits per heavy atom. The van der Waals surface area contributed by atoms with E-state index in [0.717, 1.165) is 30.1 Å². The summed E-state index contributed by atoms with van der Waals surface area (Å²) in [5, 5.41) is 3.01. The molecule has 0 unspecified atom stereocenters. The number of nitrogens with one attached hydrogen (secondary N) is 1. The molecule has 20 heavy (non-hydrogen) atoms. The molecule has 110 valence electrons. The van der Waals surface area contributed by atoms with Crippen LogP contribution in [-0.2, 0) is 4.79 Å². The maximum absolute atomic E-state index is 12.2. The summed E-state index contributed by atoms with van der Waals surface area (Å²) < 4.78 is 5.58. The number of nitrogens with zero attached hydrogens (tertiary/aromatic N) is 1. The first-order chi connectivity index (χ1) is 9.70. The topological polar surface area (TPSA) is 41.6 Å². The highest BCUT2D eigenvalue weighted by Crippen LogP contribution is 2.28. The van der Waals surface area contributed by atoms with E-state index in [9.17, 15) is 4.79 Å². The lowest BCUT2D eigenvalue weighted by Gasteiger charge is -2.26. The number of amides is 1. The molecule has 1 saturated heterocycles. The fraction of sp³-hybridized carbons (Fsp3) is 0.562. The van der Waals surface area contributed by atoms with Crippen LogP contribution in [-0.4, -0.2) is 37.0 Å². The normalized spacial score (nSPS) is 15.9. The maximum Gasteiger partial charge on any atom is 0.238 e. The Kier molecular flexibility index (Phi) is 5.41. The molecule has 1 amide bonds. The molecule has 1 aliphatic heterocycles. The van der Waals surface area contributed by atoms with Crippen molar-refractivity contribution < 1.29 is 9.53 Å². The zero-order chi connectivity index (χ0) is 14.4. The highest BCUT2D eigenvalue weighted by molar-refractivity contribution is 5.94. The van der Waals surface area contributed by atoms with Gasteiger partial charge in [0.1, 0.15) is 5.75 Å². The summed E-state index contributed by atoms with van der Waals surface area (Å²) in [4.78, 5) is 14.4. The van der Waals surface area contributed by atoms with Gasteiger partial charge in [-0.3, -0.25) is 9.69 Å². The molecule has 0 saturated carbocycles. The fourth-order valence-electron chi connectivity index (χ4n) is 2.58. The summed E-state index contributed by atoms with van der Waals surface area (Å²) in [6.45, 7) is 7.05. The Balaban J connectivity index is 1.99. The molecule has 0 aromatic heterocycles. The van der Waals surface area contributed by atoms with E-state index in [4.69, 9.17) is 4.74 Å². The SMILES string of the molecule is CCOc1cccc(C)c1NC(=O)CN1CCCCC1. The van der Waals surface area contributed by atoms with Crippen molar-refractivity contribution in [3.8, 4) is 5.75 Å². The smallest absolute Gasteiger partial charge is 0.238 e. The van der Waals surface area contributed by atoms with Crippen molar-refractivity contribution in [1.29, 1.82) is 0 Å². The lowest BCUT2D eigenvalue weighted by Crippen LogP contribution is -2.37. The molecule has 4 heteroatoms. The van der Waals surface area contributed by atoms with E-state index >= 15 is 0 Å². The molecular formula is C16H24N2O2. The van der Waals surface area contributed by atoms with Gasteiger partial charge in [-0.05, 0) is 51.4 Å². The first kappa shape index (κ1) is 14.9. The van der Waals surface area contributed by atoms with Gasteiger partial charge in [0.25, 0.3) is 0 Å². The molecule has 1 aromatic rings. The van der Waals surface area contributed by atoms with Crippen LogP contribution in [0, 0.1) is 6.92 Å². The van der Waals surface area contributed by atoms with E-state index in [1.54, 1.807) is 0 Å². The zero-order valence-electron chi connectivity index (χ0n) is 12.4. The first-order valence-electron chi connectivity index (χ1n) is 7.45. The van der Waals surface area contributed by atoms with E-state index in [1.807, 2.05) is 32.0 Å². The van der Waals surface area contributed by atoms with Gasteiger partial charge in [0.05, 0.1) is 18.8 Å². The number of likely N-dealkylation sites (tertiary alicyclic amines) is 1. The molecule has 4 nitrogen and oxygen atoms in total. The zero-order valence-corrected chi connectivity index (χ0v) is 12.4. The summed E-state index contributed by atoms with van der Waals surface area (Å²) in [6.07, 6.45) is 3.67. The minimum Gasteiger partial charge on any atom is -0.492 e. The number of para-hydroxylation sites is 1. The third-order valence-corrected chi connectivity index (χ3v) is 3.61. The van der Waals surface area contributed by atoms with E-state index in [0.29, 0.717) is 13.2 Å². The van der Waals surface area contributed by atoms with Gasteiger partial charge >= 0.3 is 0 Å². The predicted octanol–water partition coefficient (Wildman–Crippen LogP) is 2.82. The highest BCUT2D eigenvalue weighted by atomic mass is 16.5. The largest absolute Gasteiger partial charge is 0.492 e. The lowest BCUT2D eigenvalue weighted by molar-refractivity contribution is -0.117. The predicted molar refractivity (Wildman–Crippen MR) is 81.3 cm³/mol. The Labute approximate surface area is 121 Å². The Morgan fingerprint density at radius 2 is 2.05 bits per heavy atom. The van der Waals surface area contributed by atoms with Crippen molar-refractivity contribution in [2.24, 2.45) is 0 Å². The molecule has 1 aromatic carbocycles. The van der Waals surface area contributed by atoms with Crippen molar-refractivity contribution in [3.63, 3.8) is 0 Å². The summed E-state index contributed by atoms with van der Waals surface area (Å²) in [6, 6.07) is 5.83. The standard InChI is InChI=1S/C16H24N2O2/c1-3-20-14-9-7-8-13(2)16(14)17-15(19)12-18-10-5-4-6-11-18/h7-9H,3-6,10-12H2,1-2H3,(H,17,19). The van der Waals surface area contributed by atoms with E-state index in [-0.39, 0.29) is 5.91 Å². The third kappa shape index (κ3) is 3.97. The van der Waals surface area contributed by atoms with Crippen LogP contribution in [0.2, 0.25) is 0 Å². The Hall–Kier alpha value is -1.55. The van der Waals surface area contributed by atoms with Gasteiger partial charge in [0.2, 0.25) is 5.91 Å².